The van der Waals surface area contributed by atoms with Crippen LogP contribution in [0.15, 0.2) is 77.9 Å². The molecule has 0 radical (unpaired) electrons. The smallest absolute Gasteiger partial charge is 0.263 e. The Morgan fingerprint density at radius 2 is 1.83 bits per heavy atom. The van der Waals surface area contributed by atoms with Crippen molar-refractivity contribution in [2.24, 2.45) is 0 Å². The normalized spacial score (nSPS) is 11.7. The van der Waals surface area contributed by atoms with E-state index < -0.39 is 0 Å². The van der Waals surface area contributed by atoms with Gasteiger partial charge in [-0.3, -0.25) is 14.3 Å². The second-order valence-electron chi connectivity index (χ2n) is 8.53. The van der Waals surface area contributed by atoms with Gasteiger partial charge >= 0.3 is 0 Å². The summed E-state index contributed by atoms with van der Waals surface area (Å²) in [6.45, 7) is 13.1. The highest BCUT2D eigenvalue weighted by atomic mass is 16.1. The van der Waals surface area contributed by atoms with E-state index in [-0.39, 0.29) is 11.6 Å². The molecule has 0 unspecified atom stereocenters. The fraction of sp³-hybridized carbons (Fsp3) is 0.143. The maximum absolute atomic E-state index is 14.2. The van der Waals surface area contributed by atoms with E-state index in [4.69, 9.17) is 6.57 Å². The van der Waals surface area contributed by atoms with E-state index in [9.17, 15) is 4.79 Å². The molecule has 0 fully saturated rings. The van der Waals surface area contributed by atoms with Crippen molar-refractivity contribution in [2.75, 3.05) is 5.32 Å². The lowest BCUT2D eigenvalue weighted by atomic mass is 9.98. The van der Waals surface area contributed by atoms with E-state index in [2.05, 4.69) is 30.3 Å². The summed E-state index contributed by atoms with van der Waals surface area (Å²) >= 11 is 0. The summed E-state index contributed by atoms with van der Waals surface area (Å²) in [5, 5.41) is 12.9. The maximum atomic E-state index is 14.2. The maximum Gasteiger partial charge on any atom is 0.263 e. The largest absolute Gasteiger partial charge is 0.371 e. The lowest BCUT2D eigenvalue weighted by Gasteiger charge is -2.22. The van der Waals surface area contributed by atoms with Crippen LogP contribution in [0.4, 0.5) is 11.5 Å². The molecule has 3 aromatic heterocycles. The van der Waals surface area contributed by atoms with Crippen molar-refractivity contribution in [2.45, 2.75) is 26.8 Å². The summed E-state index contributed by atoms with van der Waals surface area (Å²) in [5.74, 6) is 0.992. The fourth-order valence-electron chi connectivity index (χ4n) is 4.34. The van der Waals surface area contributed by atoms with Gasteiger partial charge in [-0.15, -0.1) is 0 Å². The number of fused-ring (bicyclic) bond motifs is 1. The number of pyridine rings is 1. The number of aromatic nitrogens is 5. The second-order valence-corrected chi connectivity index (χ2v) is 8.53. The molecule has 0 aliphatic heterocycles. The van der Waals surface area contributed by atoms with Crippen LogP contribution in [0.5, 0.6) is 0 Å². The predicted molar refractivity (Wildman–Crippen MR) is 140 cm³/mol. The molecule has 1 N–H and O–H groups in total. The van der Waals surface area contributed by atoms with Gasteiger partial charge in [0.1, 0.15) is 11.6 Å². The van der Waals surface area contributed by atoms with E-state index >= 15 is 0 Å². The Kier molecular flexibility index (Phi) is 5.97. The van der Waals surface area contributed by atoms with Crippen molar-refractivity contribution in [3.63, 3.8) is 0 Å². The first-order chi connectivity index (χ1) is 17.5. The SMILES string of the molecule is [C-]#[N+]c1cnc(C)nc1N[C@@H](C)c1cc2cccc(-c3cnnc(C)c3)c2c(=O)n1-c1ccccc1. The number of para-hydroxylation sites is 1. The fourth-order valence-corrected chi connectivity index (χ4v) is 4.34. The Bertz CT molecular complexity index is 1690. The molecule has 176 valence electrons. The lowest BCUT2D eigenvalue weighted by Crippen LogP contribution is -2.26. The highest BCUT2D eigenvalue weighted by molar-refractivity contribution is 5.96. The number of hydrogen-bond acceptors (Lipinski definition) is 6. The van der Waals surface area contributed by atoms with E-state index in [0.29, 0.717) is 22.7 Å². The van der Waals surface area contributed by atoms with Gasteiger partial charge in [0.2, 0.25) is 5.69 Å². The molecule has 5 aromatic rings. The minimum absolute atomic E-state index is 0.142. The number of anilines is 1. The van der Waals surface area contributed by atoms with Crippen molar-refractivity contribution >= 4 is 22.3 Å². The van der Waals surface area contributed by atoms with Crippen LogP contribution < -0.4 is 10.9 Å². The van der Waals surface area contributed by atoms with Crippen LogP contribution in [0.25, 0.3) is 32.4 Å². The third-order valence-corrected chi connectivity index (χ3v) is 5.98. The molecular weight excluding hydrogens is 450 g/mol. The molecule has 0 saturated carbocycles. The van der Waals surface area contributed by atoms with Crippen molar-refractivity contribution in [1.29, 1.82) is 0 Å². The summed E-state index contributed by atoms with van der Waals surface area (Å²) in [6.07, 6.45) is 3.18. The summed E-state index contributed by atoms with van der Waals surface area (Å²) in [5.41, 5.74) is 4.08. The average molecular weight is 474 g/mol. The third kappa shape index (κ3) is 4.18. The molecule has 8 heteroatoms. The second kappa shape index (κ2) is 9.39. The molecular formula is C28H23N7O. The third-order valence-electron chi connectivity index (χ3n) is 5.98. The highest BCUT2D eigenvalue weighted by Gasteiger charge is 2.20. The van der Waals surface area contributed by atoms with Gasteiger partial charge in [0.05, 0.1) is 29.9 Å². The number of aryl methyl sites for hydroxylation is 2. The minimum Gasteiger partial charge on any atom is -0.371 e. The van der Waals surface area contributed by atoms with Crippen LogP contribution in [0.1, 0.15) is 30.2 Å². The van der Waals surface area contributed by atoms with Crippen LogP contribution in [0, 0.1) is 20.4 Å². The van der Waals surface area contributed by atoms with Gasteiger partial charge < -0.3 is 5.32 Å². The molecule has 5 rings (SSSR count). The number of hydrogen-bond donors (Lipinski definition) is 1. The Balaban J connectivity index is 1.75. The van der Waals surface area contributed by atoms with Gasteiger partial charge in [0.15, 0.2) is 0 Å². The van der Waals surface area contributed by atoms with Gasteiger partial charge in [-0.05, 0) is 56.0 Å². The van der Waals surface area contributed by atoms with Crippen molar-refractivity contribution in [3.8, 4) is 16.8 Å². The molecule has 0 saturated heterocycles. The van der Waals surface area contributed by atoms with Crippen LogP contribution >= 0.6 is 0 Å². The predicted octanol–water partition coefficient (Wildman–Crippen LogP) is 5.58. The van der Waals surface area contributed by atoms with Gasteiger partial charge in [-0.1, -0.05) is 36.4 Å². The topological polar surface area (TPSA) is 90.0 Å². The zero-order chi connectivity index (χ0) is 25.2. The lowest BCUT2D eigenvalue weighted by molar-refractivity contribution is 0.772. The number of benzene rings is 2. The first-order valence-corrected chi connectivity index (χ1v) is 11.5. The summed E-state index contributed by atoms with van der Waals surface area (Å²) < 4.78 is 1.72. The molecule has 0 spiro atoms. The van der Waals surface area contributed by atoms with E-state index in [1.54, 1.807) is 17.7 Å². The molecule has 1 atom stereocenters. The molecule has 3 heterocycles. The summed E-state index contributed by atoms with van der Waals surface area (Å²) in [7, 11) is 0. The Morgan fingerprint density at radius 1 is 1.03 bits per heavy atom. The number of nitrogens with one attached hydrogen (secondary N) is 1. The molecule has 0 amide bonds. The quantitative estimate of drug-likeness (QED) is 0.335. The Morgan fingerprint density at radius 3 is 2.58 bits per heavy atom. The van der Waals surface area contributed by atoms with Crippen molar-refractivity contribution in [3.05, 3.63) is 112 Å². The molecule has 36 heavy (non-hydrogen) atoms. The summed E-state index contributed by atoms with van der Waals surface area (Å²) in [4.78, 5) is 26.3. The summed E-state index contributed by atoms with van der Waals surface area (Å²) in [6, 6.07) is 18.9. The molecule has 0 aliphatic rings. The Hall–Kier alpha value is -4.90. The first-order valence-electron chi connectivity index (χ1n) is 11.5. The number of nitrogens with zero attached hydrogens (tertiary/aromatic N) is 6. The van der Waals surface area contributed by atoms with E-state index in [1.165, 1.54) is 6.20 Å². The monoisotopic (exact) mass is 473 g/mol. The first kappa shape index (κ1) is 22.9. The van der Waals surface area contributed by atoms with Crippen molar-refractivity contribution in [1.82, 2.24) is 24.7 Å². The standard InChI is InChI=1S/C28H23N7O/c1-17-13-21(15-31-34-17)23-12-8-9-20-14-25(18(2)32-27-24(29-4)16-30-19(3)33-27)35(28(36)26(20)23)22-10-6-5-7-11-22/h5-16,18H,1-3H3,(H,30,32,33)/t18-/m0/s1. The van der Waals surface area contributed by atoms with E-state index in [0.717, 1.165) is 33.6 Å². The van der Waals surface area contributed by atoms with Gasteiger partial charge in [0, 0.05) is 23.1 Å². The molecule has 0 bridgehead atoms. The molecule has 8 nitrogen and oxygen atoms in total. The van der Waals surface area contributed by atoms with Crippen LogP contribution in [-0.4, -0.2) is 24.7 Å². The zero-order valence-electron chi connectivity index (χ0n) is 20.1. The molecule has 0 aliphatic carbocycles. The Labute approximate surface area is 208 Å². The minimum atomic E-state index is -0.342. The van der Waals surface area contributed by atoms with Gasteiger partial charge in [0.25, 0.3) is 5.56 Å². The van der Waals surface area contributed by atoms with Crippen LogP contribution in [-0.2, 0) is 0 Å². The van der Waals surface area contributed by atoms with Crippen LogP contribution in [0.3, 0.4) is 0 Å². The molecule has 2 aromatic carbocycles. The average Bonchev–Trinajstić information content (AvgIpc) is 2.89. The van der Waals surface area contributed by atoms with E-state index in [1.807, 2.05) is 74.5 Å². The highest BCUT2D eigenvalue weighted by Crippen LogP contribution is 2.31. The number of rotatable bonds is 5. The van der Waals surface area contributed by atoms with Gasteiger partial charge in [-0.25, -0.2) is 9.83 Å². The van der Waals surface area contributed by atoms with Crippen LogP contribution in [0.2, 0.25) is 0 Å². The van der Waals surface area contributed by atoms with Crippen molar-refractivity contribution < 1.29 is 0 Å². The zero-order valence-corrected chi connectivity index (χ0v) is 20.1. The van der Waals surface area contributed by atoms with Gasteiger partial charge in [-0.2, -0.15) is 10.2 Å².